The van der Waals surface area contributed by atoms with Crippen LogP contribution in [-0.4, -0.2) is 52.2 Å². The summed E-state index contributed by atoms with van der Waals surface area (Å²) >= 11 is 0. The second-order valence-corrected chi connectivity index (χ2v) is 16.5. The molecule has 7 heteroatoms. The van der Waals surface area contributed by atoms with Crippen LogP contribution in [0.25, 0.3) is 21.5 Å². The van der Waals surface area contributed by atoms with Crippen LogP contribution in [-0.2, 0) is 46.3 Å². The average molecular weight is 763 g/mol. The van der Waals surface area contributed by atoms with E-state index < -0.39 is 0 Å². The zero-order valence-corrected chi connectivity index (χ0v) is 32.5. The Hall–Kier alpha value is -5.08. The Morgan fingerprint density at radius 3 is 1.51 bits per heavy atom. The molecule has 57 heavy (non-hydrogen) atoms. The maximum absolute atomic E-state index is 6.25. The second kappa shape index (κ2) is 16.4. The van der Waals surface area contributed by atoms with Crippen molar-refractivity contribution in [2.45, 2.75) is 63.6 Å². The summed E-state index contributed by atoms with van der Waals surface area (Å²) < 4.78 is 41.3. The van der Waals surface area contributed by atoms with Crippen LogP contribution in [0.15, 0.2) is 109 Å². The first kappa shape index (κ1) is 36.3. The van der Waals surface area contributed by atoms with E-state index in [0.717, 1.165) is 92.2 Å². The Morgan fingerprint density at radius 1 is 0.439 bits per heavy atom. The predicted octanol–water partition coefficient (Wildman–Crippen LogP) is 9.83. The molecule has 7 nitrogen and oxygen atoms in total. The van der Waals surface area contributed by atoms with Crippen LogP contribution >= 0.6 is 0 Å². The highest BCUT2D eigenvalue weighted by atomic mass is 16.7. The van der Waals surface area contributed by atoms with Crippen molar-refractivity contribution in [2.24, 2.45) is 11.8 Å². The molecule has 2 atom stereocenters. The van der Waals surface area contributed by atoms with Crippen LogP contribution in [0.5, 0.6) is 23.0 Å². The molecule has 1 aliphatic carbocycles. The van der Waals surface area contributed by atoms with Gasteiger partial charge < -0.3 is 33.2 Å². The van der Waals surface area contributed by atoms with Gasteiger partial charge >= 0.3 is 0 Å². The number of hydrogen-bond donors (Lipinski definition) is 0. The fraction of sp³-hybridized carbons (Fsp3) is 0.360. The molecule has 3 heterocycles. The first-order valence-electron chi connectivity index (χ1n) is 20.7. The van der Waals surface area contributed by atoms with Gasteiger partial charge in [0.15, 0.2) is 0 Å². The third-order valence-electron chi connectivity index (χ3n) is 12.0. The highest BCUT2D eigenvalue weighted by Gasteiger charge is 2.26. The lowest BCUT2D eigenvalue weighted by atomic mass is 9.81. The number of epoxide rings is 2. The van der Waals surface area contributed by atoms with E-state index in [2.05, 4.69) is 97.1 Å². The van der Waals surface area contributed by atoms with E-state index in [9.17, 15) is 0 Å². The van der Waals surface area contributed by atoms with Gasteiger partial charge in [-0.2, -0.15) is 0 Å². The average Bonchev–Trinajstić information content (AvgIpc) is 4.14. The first-order valence-corrected chi connectivity index (χ1v) is 20.7. The lowest BCUT2D eigenvalue weighted by Crippen LogP contribution is -2.29. The normalized spacial score (nSPS) is 18.9. The van der Waals surface area contributed by atoms with Gasteiger partial charge in [0.05, 0.1) is 38.6 Å². The molecule has 3 aliphatic heterocycles. The topological polar surface area (TPSA) is 71.2 Å². The van der Waals surface area contributed by atoms with Gasteiger partial charge in [-0.1, -0.05) is 92.1 Å². The maximum Gasteiger partial charge on any atom is 0.230 e. The molecule has 4 aliphatic rings. The Labute approximate surface area is 334 Å². The van der Waals surface area contributed by atoms with Gasteiger partial charge in [0.25, 0.3) is 0 Å². The van der Waals surface area contributed by atoms with Crippen LogP contribution in [0.2, 0.25) is 0 Å². The zero-order valence-electron chi connectivity index (χ0n) is 32.5. The third kappa shape index (κ3) is 9.23. The lowest BCUT2D eigenvalue weighted by molar-refractivity contribution is -0.0312. The lowest BCUT2D eigenvalue weighted by Gasteiger charge is -2.25. The number of fused-ring (bicyclic) bond motifs is 2. The Bertz CT molecular complexity index is 2350. The highest BCUT2D eigenvalue weighted by Crippen LogP contribution is 2.33. The fourth-order valence-electron chi connectivity index (χ4n) is 8.25. The molecule has 3 saturated heterocycles. The van der Waals surface area contributed by atoms with Crippen LogP contribution in [0, 0.1) is 11.8 Å². The van der Waals surface area contributed by atoms with Gasteiger partial charge in [-0.3, -0.25) is 0 Å². The monoisotopic (exact) mass is 762 g/mol. The van der Waals surface area contributed by atoms with Gasteiger partial charge in [0.2, 0.25) is 13.6 Å². The summed E-state index contributed by atoms with van der Waals surface area (Å²) in [6.07, 6.45) is 9.24. The summed E-state index contributed by atoms with van der Waals surface area (Å²) in [4.78, 5) is 0. The molecule has 0 radical (unpaired) electrons. The van der Waals surface area contributed by atoms with Gasteiger partial charge in [0.1, 0.15) is 23.0 Å². The summed E-state index contributed by atoms with van der Waals surface area (Å²) in [5.41, 5.74) is 7.47. The molecular formula is C50H50O7. The van der Waals surface area contributed by atoms with Gasteiger partial charge in [0, 0.05) is 18.8 Å². The van der Waals surface area contributed by atoms with E-state index in [0.29, 0.717) is 5.92 Å². The SMILES string of the molecule is c1cc(OCOc2ccc3cc(CC4CCC4)ccc3c2)c(CC2CO2)cc1Cc1ccc(OCOc2ccc3ccc(CC4COC4)cc3c2)c(CC2CO2)c1. The minimum Gasteiger partial charge on any atom is -0.457 e. The molecule has 0 N–H and O–H groups in total. The first-order chi connectivity index (χ1) is 28.1. The molecule has 0 amide bonds. The van der Waals surface area contributed by atoms with Crippen LogP contribution in [0.3, 0.4) is 0 Å². The Balaban J connectivity index is 0.770. The van der Waals surface area contributed by atoms with Crippen molar-refractivity contribution in [2.75, 3.05) is 40.0 Å². The minimum atomic E-state index is 0.127. The van der Waals surface area contributed by atoms with Gasteiger partial charge in [-0.25, -0.2) is 0 Å². The fourth-order valence-corrected chi connectivity index (χ4v) is 8.25. The summed E-state index contributed by atoms with van der Waals surface area (Å²) in [5.74, 6) is 4.75. The van der Waals surface area contributed by atoms with Crippen LogP contribution < -0.4 is 18.9 Å². The smallest absolute Gasteiger partial charge is 0.230 e. The predicted molar refractivity (Wildman–Crippen MR) is 222 cm³/mol. The van der Waals surface area contributed by atoms with E-state index >= 15 is 0 Å². The van der Waals surface area contributed by atoms with Crippen molar-refractivity contribution in [3.63, 3.8) is 0 Å². The number of hydrogen-bond acceptors (Lipinski definition) is 7. The standard InChI is InChI=1S/C50H50O7/c1-2-33(3-1)16-34-5-9-41-23-45(13-11-40(41)19-34)54-31-56-49-14-6-36(21-43(49)25-47-29-52-47)17-37-7-15-50(44(22-37)26-48-30-53-48)57-32-55-46-12-10-39-8-4-35(20-42(39)24-46)18-38-27-51-28-38/h4-15,19-24,33,38,47-48H,1-3,16-18,25-32H2. The molecule has 0 aromatic heterocycles. The molecule has 10 rings (SSSR count). The van der Waals surface area contributed by atoms with Crippen molar-refractivity contribution >= 4 is 21.5 Å². The van der Waals surface area contributed by atoms with Crippen molar-refractivity contribution in [1.82, 2.24) is 0 Å². The summed E-state index contributed by atoms with van der Waals surface area (Å²) in [7, 11) is 0. The molecule has 6 aromatic carbocycles. The maximum atomic E-state index is 6.25. The number of benzene rings is 6. The largest absolute Gasteiger partial charge is 0.457 e. The highest BCUT2D eigenvalue weighted by molar-refractivity contribution is 5.85. The molecule has 2 unspecified atom stereocenters. The molecule has 1 saturated carbocycles. The van der Waals surface area contributed by atoms with E-state index in [1.54, 1.807) is 0 Å². The summed E-state index contributed by atoms with van der Waals surface area (Å²) in [5, 5.41) is 4.82. The van der Waals surface area contributed by atoms with Crippen molar-refractivity contribution < 1.29 is 33.2 Å². The molecule has 6 aromatic rings. The quantitative estimate of drug-likeness (QED) is 0.0638. The van der Waals surface area contributed by atoms with Gasteiger partial charge in [-0.15, -0.1) is 0 Å². The molecule has 0 bridgehead atoms. The van der Waals surface area contributed by atoms with E-state index in [1.807, 2.05) is 12.1 Å². The number of rotatable bonds is 18. The van der Waals surface area contributed by atoms with E-state index in [4.69, 9.17) is 33.2 Å². The zero-order chi connectivity index (χ0) is 38.0. The van der Waals surface area contributed by atoms with Crippen molar-refractivity contribution in [3.8, 4) is 23.0 Å². The van der Waals surface area contributed by atoms with Gasteiger partial charge in [-0.05, 0) is 117 Å². The van der Waals surface area contributed by atoms with E-state index in [-0.39, 0.29) is 25.8 Å². The minimum absolute atomic E-state index is 0.127. The van der Waals surface area contributed by atoms with Crippen LogP contribution in [0.4, 0.5) is 0 Å². The molecule has 292 valence electrons. The van der Waals surface area contributed by atoms with Crippen LogP contribution in [0.1, 0.15) is 52.6 Å². The number of ether oxygens (including phenoxy) is 7. The molecule has 4 fully saturated rings. The molecular weight excluding hydrogens is 713 g/mol. The summed E-state index contributed by atoms with van der Waals surface area (Å²) in [6, 6.07) is 39.0. The summed E-state index contributed by atoms with van der Waals surface area (Å²) in [6.45, 7) is 3.56. The Kier molecular flexibility index (Phi) is 10.4. The molecule has 0 spiro atoms. The third-order valence-corrected chi connectivity index (χ3v) is 12.0. The van der Waals surface area contributed by atoms with E-state index in [1.165, 1.54) is 69.5 Å². The second-order valence-electron chi connectivity index (χ2n) is 16.5. The Morgan fingerprint density at radius 2 is 0.947 bits per heavy atom. The van der Waals surface area contributed by atoms with Crippen molar-refractivity contribution in [3.05, 3.63) is 143 Å². The van der Waals surface area contributed by atoms with Crippen molar-refractivity contribution in [1.29, 1.82) is 0 Å².